The number of hydrogen-bond donors (Lipinski definition) is 1. The lowest BCUT2D eigenvalue weighted by Gasteiger charge is -2.26. The number of methoxy groups -OCH3 is 1. The first-order chi connectivity index (χ1) is 18.5. The summed E-state index contributed by atoms with van der Waals surface area (Å²) >= 11 is 0. The number of ether oxygens (including phenoxy) is 2. The third-order valence-electron chi connectivity index (χ3n) is 6.55. The van der Waals surface area contributed by atoms with Gasteiger partial charge in [-0.2, -0.15) is 0 Å². The third kappa shape index (κ3) is 5.36. The predicted octanol–water partition coefficient (Wildman–Crippen LogP) is 5.26. The number of esters is 1. The van der Waals surface area contributed by atoms with Crippen molar-refractivity contribution in [2.45, 2.75) is 32.9 Å². The topological polar surface area (TPSA) is 96.4 Å². The van der Waals surface area contributed by atoms with Crippen LogP contribution in [0.5, 0.6) is 5.75 Å². The zero-order valence-electron chi connectivity index (χ0n) is 22.9. The lowest BCUT2D eigenvalue weighted by atomic mass is 9.94. The van der Waals surface area contributed by atoms with E-state index in [1.165, 1.54) is 24.1 Å². The van der Waals surface area contributed by atoms with Crippen molar-refractivity contribution >= 4 is 34.8 Å². The first-order valence-corrected chi connectivity index (χ1v) is 12.6. The number of ketones is 1. The summed E-state index contributed by atoms with van der Waals surface area (Å²) in [4.78, 5) is 42.1. The fraction of sp³-hybridized carbons (Fsp3) is 0.258. The SMILES string of the molecule is COC(=O)c1ccc(N2C(=O)C(=O)/C(=C(\O)c3ccc(OC(C)C)c(C)c3)C2c2ccc(N(C)C)cc2)cc1. The van der Waals surface area contributed by atoms with Gasteiger partial charge in [-0.05, 0) is 86.5 Å². The normalized spacial score (nSPS) is 16.5. The van der Waals surface area contributed by atoms with Gasteiger partial charge in [0.25, 0.3) is 11.7 Å². The quantitative estimate of drug-likeness (QED) is 0.193. The summed E-state index contributed by atoms with van der Waals surface area (Å²) in [5.74, 6) is -1.70. The summed E-state index contributed by atoms with van der Waals surface area (Å²) in [5.41, 5.74) is 3.46. The number of aliphatic hydroxyl groups excluding tert-OH is 1. The van der Waals surface area contributed by atoms with Gasteiger partial charge >= 0.3 is 5.97 Å². The maximum atomic E-state index is 13.5. The molecule has 8 nitrogen and oxygen atoms in total. The highest BCUT2D eigenvalue weighted by Crippen LogP contribution is 2.43. The average molecular weight is 529 g/mol. The van der Waals surface area contributed by atoms with Crippen molar-refractivity contribution < 1.29 is 29.0 Å². The molecule has 39 heavy (non-hydrogen) atoms. The van der Waals surface area contributed by atoms with Gasteiger partial charge in [0.05, 0.1) is 30.4 Å². The molecule has 1 aliphatic heterocycles. The molecule has 0 bridgehead atoms. The van der Waals surface area contributed by atoms with Gasteiger partial charge in [-0.3, -0.25) is 14.5 Å². The van der Waals surface area contributed by atoms with E-state index >= 15 is 0 Å². The standard InChI is InChI=1S/C31H32N2O6/c1-18(2)39-25-16-11-22(17-19(25)3)28(34)26-27(20-7-12-23(13-8-20)32(4)5)33(30(36)29(26)35)24-14-9-21(10-15-24)31(37)38-6/h7-18,27,34H,1-6H3/b28-26-. The number of hydrogen-bond acceptors (Lipinski definition) is 7. The molecule has 0 radical (unpaired) electrons. The van der Waals surface area contributed by atoms with Crippen LogP contribution in [-0.2, 0) is 14.3 Å². The summed E-state index contributed by atoms with van der Waals surface area (Å²) < 4.78 is 10.6. The molecule has 3 aromatic carbocycles. The van der Waals surface area contributed by atoms with Crippen molar-refractivity contribution in [3.63, 3.8) is 0 Å². The second-order valence-corrected chi connectivity index (χ2v) is 9.84. The first kappa shape index (κ1) is 27.4. The fourth-order valence-electron chi connectivity index (χ4n) is 4.58. The van der Waals surface area contributed by atoms with Crippen LogP contribution in [0.3, 0.4) is 0 Å². The summed E-state index contributed by atoms with van der Waals surface area (Å²) in [6.07, 6.45) is -0.0239. The van der Waals surface area contributed by atoms with E-state index in [0.717, 1.165) is 11.3 Å². The summed E-state index contributed by atoms with van der Waals surface area (Å²) in [7, 11) is 5.12. The minimum atomic E-state index is -0.892. The number of anilines is 2. The van der Waals surface area contributed by atoms with Crippen molar-refractivity contribution in [3.8, 4) is 5.75 Å². The second-order valence-electron chi connectivity index (χ2n) is 9.84. The van der Waals surface area contributed by atoms with Crippen LogP contribution in [0.1, 0.15) is 46.9 Å². The lowest BCUT2D eigenvalue weighted by Crippen LogP contribution is -2.29. The zero-order valence-corrected chi connectivity index (χ0v) is 22.9. The van der Waals surface area contributed by atoms with Gasteiger partial charge in [0.1, 0.15) is 11.5 Å². The molecular formula is C31H32N2O6. The largest absolute Gasteiger partial charge is 0.507 e. The van der Waals surface area contributed by atoms with Gasteiger partial charge in [0.15, 0.2) is 0 Å². The Balaban J connectivity index is 1.87. The van der Waals surface area contributed by atoms with Crippen LogP contribution in [-0.4, -0.2) is 50.1 Å². The van der Waals surface area contributed by atoms with Crippen LogP contribution in [0.25, 0.3) is 5.76 Å². The molecule has 0 saturated carbocycles. The fourth-order valence-corrected chi connectivity index (χ4v) is 4.58. The van der Waals surface area contributed by atoms with E-state index in [2.05, 4.69) is 0 Å². The van der Waals surface area contributed by atoms with Crippen molar-refractivity contribution in [2.75, 3.05) is 31.0 Å². The van der Waals surface area contributed by atoms with E-state index in [9.17, 15) is 19.5 Å². The molecule has 0 aliphatic carbocycles. The Kier molecular flexibility index (Phi) is 7.76. The number of rotatable bonds is 7. The Labute approximate surface area is 228 Å². The highest BCUT2D eigenvalue weighted by Gasteiger charge is 2.47. The summed E-state index contributed by atoms with van der Waals surface area (Å²) in [6, 6.07) is 17.9. The molecule has 1 aliphatic rings. The van der Waals surface area contributed by atoms with Gasteiger partial charge in [-0.15, -0.1) is 0 Å². The van der Waals surface area contributed by atoms with Gasteiger partial charge in [0, 0.05) is 31.0 Å². The van der Waals surface area contributed by atoms with Crippen molar-refractivity contribution in [1.82, 2.24) is 0 Å². The van der Waals surface area contributed by atoms with E-state index in [1.807, 2.05) is 64.0 Å². The average Bonchev–Trinajstić information content (AvgIpc) is 3.18. The van der Waals surface area contributed by atoms with Crippen molar-refractivity contribution in [2.24, 2.45) is 0 Å². The molecule has 0 aromatic heterocycles. The summed E-state index contributed by atoms with van der Waals surface area (Å²) in [5, 5.41) is 11.5. The number of carbonyl (C=O) groups is 3. The number of amides is 1. The highest BCUT2D eigenvalue weighted by molar-refractivity contribution is 6.51. The van der Waals surface area contributed by atoms with Crippen LogP contribution in [0, 0.1) is 6.92 Å². The molecule has 1 fully saturated rings. The smallest absolute Gasteiger partial charge is 0.337 e. The van der Waals surface area contributed by atoms with E-state index in [4.69, 9.17) is 9.47 Å². The molecule has 1 unspecified atom stereocenters. The molecule has 1 saturated heterocycles. The van der Waals surface area contributed by atoms with Crippen molar-refractivity contribution in [3.05, 3.63) is 94.6 Å². The van der Waals surface area contributed by atoms with E-state index < -0.39 is 23.7 Å². The number of Topliss-reactive ketones (excluding diaryl/α,β-unsaturated/α-hetero) is 1. The highest BCUT2D eigenvalue weighted by atomic mass is 16.5. The first-order valence-electron chi connectivity index (χ1n) is 12.6. The molecule has 3 aromatic rings. The Morgan fingerprint density at radius 2 is 1.56 bits per heavy atom. The Bertz CT molecular complexity index is 1440. The second kappa shape index (κ2) is 11.0. The zero-order chi connectivity index (χ0) is 28.4. The predicted molar refractivity (Wildman–Crippen MR) is 150 cm³/mol. The van der Waals surface area contributed by atoms with Gasteiger partial charge in [-0.1, -0.05) is 12.1 Å². The van der Waals surface area contributed by atoms with Crippen LogP contribution >= 0.6 is 0 Å². The Hall–Kier alpha value is -4.59. The molecule has 1 N–H and O–H groups in total. The molecule has 1 atom stereocenters. The minimum Gasteiger partial charge on any atom is -0.507 e. The number of aryl methyl sites for hydroxylation is 1. The van der Waals surface area contributed by atoms with Crippen LogP contribution in [0.4, 0.5) is 11.4 Å². The third-order valence-corrected chi connectivity index (χ3v) is 6.55. The maximum Gasteiger partial charge on any atom is 0.337 e. The minimum absolute atomic E-state index is 0.0217. The van der Waals surface area contributed by atoms with Gasteiger partial charge in [0.2, 0.25) is 0 Å². The van der Waals surface area contributed by atoms with E-state index in [1.54, 1.807) is 30.3 Å². The van der Waals surface area contributed by atoms with Crippen LogP contribution < -0.4 is 14.5 Å². The van der Waals surface area contributed by atoms with Gasteiger partial charge in [-0.25, -0.2) is 4.79 Å². The van der Waals surface area contributed by atoms with Crippen molar-refractivity contribution in [1.29, 1.82) is 0 Å². The monoisotopic (exact) mass is 528 g/mol. The van der Waals surface area contributed by atoms with E-state index in [-0.39, 0.29) is 17.4 Å². The van der Waals surface area contributed by atoms with E-state index in [0.29, 0.717) is 28.1 Å². The summed E-state index contributed by atoms with van der Waals surface area (Å²) in [6.45, 7) is 5.70. The maximum absolute atomic E-state index is 13.5. The number of nitrogens with zero attached hydrogens (tertiary/aromatic N) is 2. The Morgan fingerprint density at radius 3 is 2.10 bits per heavy atom. The molecule has 1 amide bonds. The molecule has 0 spiro atoms. The Morgan fingerprint density at radius 1 is 0.949 bits per heavy atom. The number of aliphatic hydroxyl groups is 1. The molecular weight excluding hydrogens is 496 g/mol. The molecule has 1 heterocycles. The van der Waals surface area contributed by atoms with Crippen LogP contribution in [0.15, 0.2) is 72.3 Å². The molecule has 202 valence electrons. The molecule has 4 rings (SSSR count). The van der Waals surface area contributed by atoms with Gasteiger partial charge < -0.3 is 19.5 Å². The molecule has 8 heteroatoms. The van der Waals surface area contributed by atoms with Crippen LogP contribution in [0.2, 0.25) is 0 Å². The lowest BCUT2D eigenvalue weighted by molar-refractivity contribution is -0.132. The number of benzene rings is 3. The number of carbonyl (C=O) groups excluding carboxylic acids is 3.